The summed E-state index contributed by atoms with van der Waals surface area (Å²) in [5.74, 6) is -1.21. The minimum Gasteiger partial charge on any atom is -0.459 e. The van der Waals surface area contributed by atoms with Gasteiger partial charge in [0.2, 0.25) is 5.91 Å². The zero-order valence-electron chi connectivity index (χ0n) is 13.7. The molecule has 3 rings (SSSR count). The molecule has 3 aromatic rings. The molecule has 0 aliphatic rings. The van der Waals surface area contributed by atoms with E-state index in [0.717, 1.165) is 5.39 Å². The second-order valence-corrected chi connectivity index (χ2v) is 5.37. The molecule has 0 bridgehead atoms. The third kappa shape index (κ3) is 4.23. The predicted octanol–water partition coefficient (Wildman–Crippen LogP) is 1.41. The van der Waals surface area contributed by atoms with Gasteiger partial charge in [-0.15, -0.1) is 0 Å². The van der Waals surface area contributed by atoms with Crippen LogP contribution in [0.25, 0.3) is 10.9 Å². The number of amides is 3. The van der Waals surface area contributed by atoms with Gasteiger partial charge < -0.3 is 9.73 Å². The molecule has 8 heteroatoms. The fraction of sp³-hybridized carbons (Fsp3) is 0.111. The van der Waals surface area contributed by atoms with Gasteiger partial charge in [0.25, 0.3) is 11.8 Å². The molecule has 0 saturated heterocycles. The molecule has 0 atom stereocenters. The third-order valence-electron chi connectivity index (χ3n) is 3.53. The molecule has 2 aromatic heterocycles. The summed E-state index contributed by atoms with van der Waals surface area (Å²) in [6.07, 6.45) is 1.38. The third-order valence-corrected chi connectivity index (χ3v) is 3.53. The number of hydrazine groups is 1. The number of furan rings is 1. The van der Waals surface area contributed by atoms with E-state index in [2.05, 4.69) is 21.2 Å². The Morgan fingerprint density at radius 1 is 0.923 bits per heavy atom. The average molecular weight is 352 g/mol. The van der Waals surface area contributed by atoms with E-state index >= 15 is 0 Å². The summed E-state index contributed by atoms with van der Waals surface area (Å²) in [7, 11) is 0. The summed E-state index contributed by atoms with van der Waals surface area (Å²) in [5, 5.41) is 3.45. The van der Waals surface area contributed by atoms with Gasteiger partial charge in [-0.1, -0.05) is 24.3 Å². The Morgan fingerprint density at radius 2 is 1.77 bits per heavy atom. The first-order valence-corrected chi connectivity index (χ1v) is 7.90. The number of para-hydroxylation sites is 1. The first-order chi connectivity index (χ1) is 12.6. The van der Waals surface area contributed by atoms with Crippen LogP contribution >= 0.6 is 0 Å². The molecule has 132 valence electrons. The van der Waals surface area contributed by atoms with Gasteiger partial charge in [0.1, 0.15) is 5.69 Å². The highest BCUT2D eigenvalue weighted by Crippen LogP contribution is 2.11. The Morgan fingerprint density at radius 3 is 2.58 bits per heavy atom. The second-order valence-electron chi connectivity index (χ2n) is 5.37. The molecule has 3 amide bonds. The van der Waals surface area contributed by atoms with Gasteiger partial charge in [0.15, 0.2) is 5.76 Å². The first kappa shape index (κ1) is 17.2. The lowest BCUT2D eigenvalue weighted by molar-refractivity contribution is -0.121. The molecular formula is C18H16N4O4. The highest BCUT2D eigenvalue weighted by Gasteiger charge is 2.11. The van der Waals surface area contributed by atoms with E-state index in [1.165, 1.54) is 12.3 Å². The van der Waals surface area contributed by atoms with Crippen molar-refractivity contribution in [2.45, 2.75) is 6.42 Å². The van der Waals surface area contributed by atoms with Crippen molar-refractivity contribution in [3.8, 4) is 0 Å². The molecule has 0 saturated carbocycles. The summed E-state index contributed by atoms with van der Waals surface area (Å²) in [6.45, 7) is 0.107. The zero-order chi connectivity index (χ0) is 18.4. The van der Waals surface area contributed by atoms with Crippen molar-refractivity contribution < 1.29 is 18.8 Å². The smallest absolute Gasteiger partial charge is 0.288 e. The normalized spacial score (nSPS) is 10.3. The van der Waals surface area contributed by atoms with Crippen LogP contribution in [0.15, 0.2) is 59.2 Å². The number of carbonyl (C=O) groups is 3. The fourth-order valence-electron chi connectivity index (χ4n) is 2.23. The molecule has 0 aliphatic heterocycles. The summed E-state index contributed by atoms with van der Waals surface area (Å²) in [4.78, 5) is 39.7. The number of hydrogen-bond acceptors (Lipinski definition) is 5. The van der Waals surface area contributed by atoms with Crippen LogP contribution in [0.2, 0.25) is 0 Å². The number of nitrogens with zero attached hydrogens (tertiary/aromatic N) is 1. The van der Waals surface area contributed by atoms with Crippen molar-refractivity contribution in [3.05, 3.63) is 66.2 Å². The Labute approximate surface area is 148 Å². The molecule has 0 unspecified atom stereocenters. The molecule has 8 nitrogen and oxygen atoms in total. The Balaban J connectivity index is 1.44. The van der Waals surface area contributed by atoms with Crippen molar-refractivity contribution in [2.75, 3.05) is 6.54 Å². The minimum absolute atomic E-state index is 0.00211. The van der Waals surface area contributed by atoms with Crippen LogP contribution in [-0.2, 0) is 4.79 Å². The average Bonchev–Trinajstić information content (AvgIpc) is 3.20. The maximum Gasteiger partial charge on any atom is 0.288 e. The van der Waals surface area contributed by atoms with E-state index in [9.17, 15) is 14.4 Å². The number of fused-ring (bicyclic) bond motifs is 1. The quantitative estimate of drug-likeness (QED) is 0.601. The summed E-state index contributed by atoms with van der Waals surface area (Å²) >= 11 is 0. The van der Waals surface area contributed by atoms with E-state index in [1.54, 1.807) is 24.3 Å². The van der Waals surface area contributed by atoms with Gasteiger partial charge in [0, 0.05) is 18.4 Å². The van der Waals surface area contributed by atoms with E-state index in [0.29, 0.717) is 5.52 Å². The Hall–Kier alpha value is -3.68. The summed E-state index contributed by atoms with van der Waals surface area (Å²) in [5.41, 5.74) is 5.46. The Bertz CT molecular complexity index is 937. The number of nitrogens with one attached hydrogen (secondary N) is 3. The molecule has 0 radical (unpaired) electrons. The number of rotatable bonds is 5. The van der Waals surface area contributed by atoms with Gasteiger partial charge in [-0.2, -0.15) is 0 Å². The maximum absolute atomic E-state index is 12.1. The molecule has 2 heterocycles. The van der Waals surface area contributed by atoms with Gasteiger partial charge in [-0.3, -0.25) is 25.2 Å². The van der Waals surface area contributed by atoms with Gasteiger partial charge in [-0.25, -0.2) is 4.98 Å². The molecular weight excluding hydrogens is 336 g/mol. The van der Waals surface area contributed by atoms with Crippen LogP contribution in [0.3, 0.4) is 0 Å². The topological polar surface area (TPSA) is 113 Å². The molecule has 26 heavy (non-hydrogen) atoms. The number of carbonyl (C=O) groups excluding carboxylic acids is 3. The van der Waals surface area contributed by atoms with Crippen molar-refractivity contribution in [1.82, 2.24) is 21.2 Å². The monoisotopic (exact) mass is 352 g/mol. The lowest BCUT2D eigenvalue weighted by Gasteiger charge is -2.08. The molecule has 1 aromatic carbocycles. The zero-order valence-corrected chi connectivity index (χ0v) is 13.7. The number of aromatic nitrogens is 1. The molecule has 0 fully saturated rings. The summed E-state index contributed by atoms with van der Waals surface area (Å²) in [6, 6.07) is 13.9. The van der Waals surface area contributed by atoms with E-state index in [-0.39, 0.29) is 24.4 Å². The van der Waals surface area contributed by atoms with Crippen LogP contribution in [-0.4, -0.2) is 29.3 Å². The Kier molecular flexibility index (Phi) is 5.23. The predicted molar refractivity (Wildman–Crippen MR) is 93.0 cm³/mol. The lowest BCUT2D eigenvalue weighted by atomic mass is 10.2. The van der Waals surface area contributed by atoms with Gasteiger partial charge in [0.05, 0.1) is 11.8 Å². The highest BCUT2D eigenvalue weighted by molar-refractivity contribution is 5.96. The largest absolute Gasteiger partial charge is 0.459 e. The van der Waals surface area contributed by atoms with Crippen LogP contribution in [0.1, 0.15) is 27.5 Å². The maximum atomic E-state index is 12.1. The number of hydrogen-bond donors (Lipinski definition) is 3. The standard InChI is InChI=1S/C18H16N4O4/c23-16(9-10-19-18(25)15-6-3-11-26-15)21-22-17(24)14-8-7-12-4-1-2-5-13(12)20-14/h1-8,11H,9-10H2,(H,19,25)(H,21,23)(H,22,24). The number of benzene rings is 1. The van der Waals surface area contributed by atoms with Crippen LogP contribution in [0.4, 0.5) is 0 Å². The van der Waals surface area contributed by atoms with Crippen LogP contribution in [0, 0.1) is 0 Å². The number of pyridine rings is 1. The van der Waals surface area contributed by atoms with E-state index in [4.69, 9.17) is 4.42 Å². The molecule has 0 aliphatic carbocycles. The van der Waals surface area contributed by atoms with Crippen molar-refractivity contribution in [1.29, 1.82) is 0 Å². The minimum atomic E-state index is -0.524. The van der Waals surface area contributed by atoms with Crippen molar-refractivity contribution in [3.63, 3.8) is 0 Å². The van der Waals surface area contributed by atoms with Gasteiger partial charge >= 0.3 is 0 Å². The van der Waals surface area contributed by atoms with Crippen molar-refractivity contribution >= 4 is 28.6 Å². The van der Waals surface area contributed by atoms with Crippen LogP contribution < -0.4 is 16.2 Å². The van der Waals surface area contributed by atoms with Crippen LogP contribution in [0.5, 0.6) is 0 Å². The first-order valence-electron chi connectivity index (χ1n) is 7.90. The SMILES string of the molecule is O=C(CCNC(=O)c1ccco1)NNC(=O)c1ccc2ccccc2n1. The highest BCUT2D eigenvalue weighted by atomic mass is 16.3. The van der Waals surface area contributed by atoms with E-state index in [1.807, 2.05) is 18.2 Å². The molecule has 3 N–H and O–H groups in total. The van der Waals surface area contributed by atoms with E-state index < -0.39 is 17.7 Å². The van der Waals surface area contributed by atoms with Gasteiger partial charge in [-0.05, 0) is 24.3 Å². The fourth-order valence-corrected chi connectivity index (χ4v) is 2.23. The summed E-state index contributed by atoms with van der Waals surface area (Å²) < 4.78 is 4.93. The van der Waals surface area contributed by atoms with Crippen molar-refractivity contribution in [2.24, 2.45) is 0 Å². The second kappa shape index (κ2) is 7.93. The lowest BCUT2D eigenvalue weighted by Crippen LogP contribution is -2.43. The molecule has 0 spiro atoms.